The van der Waals surface area contributed by atoms with Crippen LogP contribution in [0.1, 0.15) is 10.6 Å². The summed E-state index contributed by atoms with van der Waals surface area (Å²) in [6, 6.07) is 15.8. The molecule has 1 heterocycles. The van der Waals surface area contributed by atoms with Crippen molar-refractivity contribution in [2.75, 3.05) is 13.2 Å². The number of amides is 1. The summed E-state index contributed by atoms with van der Waals surface area (Å²) >= 11 is 1.56. The molecule has 24 heavy (non-hydrogen) atoms. The highest BCUT2D eigenvalue weighted by molar-refractivity contribution is 7.19. The molecule has 0 atom stereocenters. The summed E-state index contributed by atoms with van der Waals surface area (Å²) in [4.78, 5) is 16.3. The van der Waals surface area contributed by atoms with Crippen molar-refractivity contribution in [3.8, 4) is 5.75 Å². The Balaban J connectivity index is 1.44. The Morgan fingerprint density at radius 3 is 2.79 bits per heavy atom. The number of para-hydroxylation sites is 1. The van der Waals surface area contributed by atoms with E-state index in [9.17, 15) is 4.79 Å². The van der Waals surface area contributed by atoms with Crippen LogP contribution in [-0.4, -0.2) is 24.0 Å². The third-order valence-corrected chi connectivity index (χ3v) is 4.38. The molecule has 0 saturated carbocycles. The Morgan fingerprint density at radius 1 is 1.21 bits per heavy atom. The van der Waals surface area contributed by atoms with Gasteiger partial charge in [0.2, 0.25) is 5.91 Å². The van der Waals surface area contributed by atoms with Gasteiger partial charge in [0.25, 0.3) is 0 Å². The number of aromatic nitrogens is 1. The molecule has 4 nitrogen and oxygen atoms in total. The van der Waals surface area contributed by atoms with Gasteiger partial charge in [-0.3, -0.25) is 4.79 Å². The Kier molecular flexibility index (Phi) is 5.23. The van der Waals surface area contributed by atoms with Gasteiger partial charge in [0, 0.05) is 6.08 Å². The molecule has 1 aromatic heterocycles. The highest BCUT2D eigenvalue weighted by atomic mass is 32.1. The van der Waals surface area contributed by atoms with Gasteiger partial charge >= 0.3 is 0 Å². The summed E-state index contributed by atoms with van der Waals surface area (Å²) < 4.78 is 6.68. The zero-order valence-corrected chi connectivity index (χ0v) is 14.2. The van der Waals surface area contributed by atoms with Crippen LogP contribution in [-0.2, 0) is 4.79 Å². The van der Waals surface area contributed by atoms with Crippen LogP contribution in [0.25, 0.3) is 16.3 Å². The van der Waals surface area contributed by atoms with Gasteiger partial charge in [-0.15, -0.1) is 11.3 Å². The van der Waals surface area contributed by atoms with Gasteiger partial charge in [0.05, 0.1) is 16.8 Å². The Labute approximate surface area is 144 Å². The minimum absolute atomic E-state index is 0.151. The molecule has 0 saturated heterocycles. The highest BCUT2D eigenvalue weighted by Crippen LogP contribution is 2.22. The molecule has 0 aliphatic carbocycles. The van der Waals surface area contributed by atoms with Crippen LogP contribution in [0.3, 0.4) is 0 Å². The van der Waals surface area contributed by atoms with E-state index < -0.39 is 0 Å². The van der Waals surface area contributed by atoms with E-state index in [-0.39, 0.29) is 5.91 Å². The van der Waals surface area contributed by atoms with E-state index in [0.717, 1.165) is 21.0 Å². The van der Waals surface area contributed by atoms with Crippen molar-refractivity contribution in [1.29, 1.82) is 0 Å². The molecule has 0 unspecified atom stereocenters. The largest absolute Gasteiger partial charge is 0.492 e. The second-order valence-corrected chi connectivity index (χ2v) is 6.37. The van der Waals surface area contributed by atoms with Crippen LogP contribution in [0.4, 0.5) is 0 Å². The number of nitrogens with zero attached hydrogens (tertiary/aromatic N) is 1. The summed E-state index contributed by atoms with van der Waals surface area (Å²) in [5.74, 6) is 0.654. The zero-order valence-electron chi connectivity index (χ0n) is 13.4. The van der Waals surface area contributed by atoms with Gasteiger partial charge in [-0.25, -0.2) is 4.98 Å². The molecule has 3 rings (SSSR count). The average Bonchev–Trinajstić information content (AvgIpc) is 3.01. The Hall–Kier alpha value is -2.66. The van der Waals surface area contributed by atoms with E-state index in [1.54, 1.807) is 17.4 Å². The second-order valence-electron chi connectivity index (χ2n) is 5.31. The number of carbonyl (C=O) groups is 1. The minimum Gasteiger partial charge on any atom is -0.492 e. The summed E-state index contributed by atoms with van der Waals surface area (Å²) in [5, 5.41) is 3.62. The number of ether oxygens (including phenoxy) is 1. The lowest BCUT2D eigenvalue weighted by Gasteiger charge is -2.06. The lowest BCUT2D eigenvalue weighted by atomic mass is 10.2. The van der Waals surface area contributed by atoms with E-state index in [0.29, 0.717) is 13.2 Å². The van der Waals surface area contributed by atoms with E-state index in [4.69, 9.17) is 4.74 Å². The predicted octanol–water partition coefficient (Wildman–Crippen LogP) is 3.81. The monoisotopic (exact) mass is 338 g/mol. The van der Waals surface area contributed by atoms with Crippen LogP contribution in [0.15, 0.2) is 54.6 Å². The standard InChI is InChI=1S/C19H18N2O2S/c1-14-6-8-15(9-7-14)23-13-12-20-18(22)10-11-19-21-16-4-2-3-5-17(16)24-19/h2-11H,12-13H2,1H3,(H,20,22)/b11-10+. The smallest absolute Gasteiger partial charge is 0.244 e. The fourth-order valence-corrected chi connectivity index (χ4v) is 3.02. The topological polar surface area (TPSA) is 51.2 Å². The molecule has 1 N–H and O–H groups in total. The van der Waals surface area contributed by atoms with Crippen molar-refractivity contribution >= 4 is 33.5 Å². The number of aryl methyl sites for hydroxylation is 1. The minimum atomic E-state index is -0.151. The zero-order chi connectivity index (χ0) is 16.8. The highest BCUT2D eigenvalue weighted by Gasteiger charge is 2.01. The number of carbonyl (C=O) groups excluding carboxylic acids is 1. The van der Waals surface area contributed by atoms with E-state index >= 15 is 0 Å². The number of rotatable bonds is 6. The third-order valence-electron chi connectivity index (χ3n) is 3.38. The van der Waals surface area contributed by atoms with Gasteiger partial charge < -0.3 is 10.1 Å². The van der Waals surface area contributed by atoms with Crippen molar-refractivity contribution < 1.29 is 9.53 Å². The molecule has 1 amide bonds. The maximum Gasteiger partial charge on any atom is 0.244 e. The first-order valence-electron chi connectivity index (χ1n) is 7.72. The number of fused-ring (bicyclic) bond motifs is 1. The quantitative estimate of drug-likeness (QED) is 0.549. The third kappa shape index (κ3) is 4.43. The van der Waals surface area contributed by atoms with Crippen LogP contribution in [0.2, 0.25) is 0 Å². The number of hydrogen-bond acceptors (Lipinski definition) is 4. The number of thiazole rings is 1. The van der Waals surface area contributed by atoms with Crippen molar-refractivity contribution in [2.45, 2.75) is 6.92 Å². The first kappa shape index (κ1) is 16.2. The molecule has 0 spiro atoms. The summed E-state index contributed by atoms with van der Waals surface area (Å²) in [6.07, 6.45) is 3.24. The molecule has 0 bridgehead atoms. The maximum atomic E-state index is 11.8. The number of benzene rings is 2. The predicted molar refractivity (Wildman–Crippen MR) is 98.3 cm³/mol. The Bertz CT molecular complexity index is 820. The van der Waals surface area contributed by atoms with Gasteiger partial charge in [-0.2, -0.15) is 0 Å². The molecular formula is C19H18N2O2S. The van der Waals surface area contributed by atoms with Gasteiger partial charge in [0.1, 0.15) is 17.4 Å². The average molecular weight is 338 g/mol. The number of nitrogens with one attached hydrogen (secondary N) is 1. The normalized spacial score (nSPS) is 11.0. The van der Waals surface area contributed by atoms with Crippen molar-refractivity contribution in [3.63, 3.8) is 0 Å². The first-order valence-corrected chi connectivity index (χ1v) is 8.53. The SMILES string of the molecule is Cc1ccc(OCCNC(=O)/C=C/c2nc3ccccc3s2)cc1. The molecular weight excluding hydrogens is 320 g/mol. The summed E-state index contributed by atoms with van der Waals surface area (Å²) in [6.45, 7) is 2.92. The van der Waals surface area contributed by atoms with E-state index in [1.165, 1.54) is 11.6 Å². The summed E-state index contributed by atoms with van der Waals surface area (Å²) in [7, 11) is 0. The van der Waals surface area contributed by atoms with Crippen LogP contribution < -0.4 is 10.1 Å². The molecule has 2 aromatic carbocycles. The Morgan fingerprint density at radius 2 is 2.00 bits per heavy atom. The molecule has 0 fully saturated rings. The number of hydrogen-bond donors (Lipinski definition) is 1. The fraction of sp³-hybridized carbons (Fsp3) is 0.158. The van der Waals surface area contributed by atoms with Crippen LogP contribution in [0.5, 0.6) is 5.75 Å². The van der Waals surface area contributed by atoms with Gasteiger partial charge in [-0.05, 0) is 37.3 Å². The van der Waals surface area contributed by atoms with Crippen molar-refractivity contribution in [3.05, 3.63) is 65.2 Å². The second kappa shape index (κ2) is 7.75. The van der Waals surface area contributed by atoms with Gasteiger partial charge in [-0.1, -0.05) is 29.8 Å². The van der Waals surface area contributed by atoms with Crippen LogP contribution >= 0.6 is 11.3 Å². The maximum absolute atomic E-state index is 11.8. The molecule has 122 valence electrons. The lowest BCUT2D eigenvalue weighted by molar-refractivity contribution is -0.116. The van der Waals surface area contributed by atoms with Crippen LogP contribution in [0, 0.1) is 6.92 Å². The fourth-order valence-electron chi connectivity index (χ4n) is 2.14. The van der Waals surface area contributed by atoms with E-state index in [2.05, 4.69) is 10.3 Å². The molecule has 5 heteroatoms. The molecule has 0 aliphatic heterocycles. The summed E-state index contributed by atoms with van der Waals surface area (Å²) in [5.41, 5.74) is 2.14. The molecule has 0 aliphatic rings. The molecule has 3 aromatic rings. The van der Waals surface area contributed by atoms with Crippen molar-refractivity contribution in [2.24, 2.45) is 0 Å². The van der Waals surface area contributed by atoms with E-state index in [1.807, 2.05) is 55.5 Å². The first-order chi connectivity index (χ1) is 11.7. The lowest BCUT2D eigenvalue weighted by Crippen LogP contribution is -2.26. The van der Waals surface area contributed by atoms with Crippen molar-refractivity contribution in [1.82, 2.24) is 10.3 Å². The molecule has 0 radical (unpaired) electrons. The van der Waals surface area contributed by atoms with Gasteiger partial charge in [0.15, 0.2) is 0 Å².